The summed E-state index contributed by atoms with van der Waals surface area (Å²) >= 11 is 0. The molecule has 4 rings (SSSR count). The monoisotopic (exact) mass is 335 g/mol. The van der Waals surface area contributed by atoms with Crippen molar-refractivity contribution < 1.29 is 9.21 Å². The number of aromatic nitrogens is 2. The molecule has 2 heterocycles. The summed E-state index contributed by atoms with van der Waals surface area (Å²) in [5, 5.41) is 2.10. The molecular formula is C20H21N3O2. The molecule has 1 aliphatic carbocycles. The van der Waals surface area contributed by atoms with Crippen LogP contribution in [0.15, 0.2) is 47.5 Å². The van der Waals surface area contributed by atoms with Crippen molar-refractivity contribution in [3.8, 4) is 11.3 Å². The first-order valence-electron chi connectivity index (χ1n) is 8.68. The number of pyridine rings is 1. The van der Waals surface area contributed by atoms with E-state index in [1.54, 1.807) is 6.20 Å². The molecule has 5 nitrogen and oxygen atoms in total. The van der Waals surface area contributed by atoms with Gasteiger partial charge in [0.2, 0.25) is 0 Å². The predicted octanol–water partition coefficient (Wildman–Crippen LogP) is 3.49. The van der Waals surface area contributed by atoms with Crippen molar-refractivity contribution in [2.75, 3.05) is 13.6 Å². The van der Waals surface area contributed by atoms with Crippen LogP contribution >= 0.6 is 0 Å². The van der Waals surface area contributed by atoms with Gasteiger partial charge in [-0.15, -0.1) is 0 Å². The summed E-state index contributed by atoms with van der Waals surface area (Å²) in [7, 11) is 2.04. The highest BCUT2D eigenvalue weighted by molar-refractivity contribution is 5.88. The summed E-state index contributed by atoms with van der Waals surface area (Å²) < 4.78 is 5.36. The average molecular weight is 335 g/mol. The fourth-order valence-electron chi connectivity index (χ4n) is 3.29. The van der Waals surface area contributed by atoms with E-state index >= 15 is 0 Å². The Morgan fingerprint density at radius 1 is 1.24 bits per heavy atom. The van der Waals surface area contributed by atoms with Crippen LogP contribution in [-0.2, 0) is 11.2 Å². The third kappa shape index (κ3) is 3.46. The number of nitrogens with zero attached hydrogens (tertiary/aromatic N) is 3. The molecule has 25 heavy (non-hydrogen) atoms. The number of hydrogen-bond acceptors (Lipinski definition) is 5. The number of rotatable bonds is 6. The second kappa shape index (κ2) is 6.76. The summed E-state index contributed by atoms with van der Waals surface area (Å²) in [6.07, 6.45) is 9.03. The number of carbonyl (C=O) groups is 1. The SMILES string of the molecule is CN(CC(=O)Cc1cc2cc(-c3cnco3)ccc2cn1)C1CCC1. The third-order valence-electron chi connectivity index (χ3n) is 5.00. The maximum Gasteiger partial charge on any atom is 0.181 e. The molecule has 0 amide bonds. The lowest BCUT2D eigenvalue weighted by atomic mass is 9.91. The lowest BCUT2D eigenvalue weighted by molar-refractivity contribution is -0.120. The normalized spacial score (nSPS) is 14.8. The molecule has 0 radical (unpaired) electrons. The van der Waals surface area contributed by atoms with Crippen molar-refractivity contribution >= 4 is 16.6 Å². The predicted molar refractivity (Wildman–Crippen MR) is 96.2 cm³/mol. The lowest BCUT2D eigenvalue weighted by Gasteiger charge is -2.34. The van der Waals surface area contributed by atoms with Gasteiger partial charge in [-0.2, -0.15) is 0 Å². The van der Waals surface area contributed by atoms with Gasteiger partial charge in [-0.3, -0.25) is 14.7 Å². The number of hydrogen-bond donors (Lipinski definition) is 0. The Labute approximate surface area is 146 Å². The van der Waals surface area contributed by atoms with Gasteiger partial charge in [-0.05, 0) is 37.4 Å². The maximum absolute atomic E-state index is 12.4. The largest absolute Gasteiger partial charge is 0.444 e. The van der Waals surface area contributed by atoms with Crippen LogP contribution in [0.25, 0.3) is 22.1 Å². The Morgan fingerprint density at radius 3 is 2.84 bits per heavy atom. The molecule has 5 heteroatoms. The minimum absolute atomic E-state index is 0.215. The van der Waals surface area contributed by atoms with Crippen molar-refractivity contribution in [1.29, 1.82) is 0 Å². The molecular weight excluding hydrogens is 314 g/mol. The molecule has 1 aliphatic rings. The van der Waals surface area contributed by atoms with E-state index in [2.05, 4.69) is 14.9 Å². The number of likely N-dealkylation sites (N-methyl/N-ethyl adjacent to an activating group) is 1. The first kappa shape index (κ1) is 16.0. The highest BCUT2D eigenvalue weighted by Crippen LogP contribution is 2.25. The Kier molecular flexibility index (Phi) is 4.32. The zero-order valence-corrected chi connectivity index (χ0v) is 14.3. The third-order valence-corrected chi connectivity index (χ3v) is 5.00. The quantitative estimate of drug-likeness (QED) is 0.690. The van der Waals surface area contributed by atoms with E-state index in [-0.39, 0.29) is 5.78 Å². The summed E-state index contributed by atoms with van der Waals surface area (Å²) in [6, 6.07) is 8.62. The summed E-state index contributed by atoms with van der Waals surface area (Å²) in [6.45, 7) is 0.502. The molecule has 0 saturated heterocycles. The smallest absolute Gasteiger partial charge is 0.181 e. The number of ketones is 1. The minimum Gasteiger partial charge on any atom is -0.444 e. The standard InChI is InChI=1S/C20H21N3O2/c1-23(18-3-2-4-18)12-19(24)9-17-8-16-7-14(20-11-21-13-25-20)5-6-15(16)10-22-17/h5-8,10-11,13,18H,2-4,9,12H2,1H3. The number of Topliss-reactive ketones (excluding diaryl/α,β-unsaturated/α-hetero) is 1. The maximum atomic E-state index is 12.4. The van der Waals surface area contributed by atoms with E-state index in [1.165, 1.54) is 25.7 Å². The van der Waals surface area contributed by atoms with E-state index in [1.807, 2.05) is 37.5 Å². The van der Waals surface area contributed by atoms with Gasteiger partial charge in [0.05, 0.1) is 19.2 Å². The zero-order valence-electron chi connectivity index (χ0n) is 14.3. The van der Waals surface area contributed by atoms with Gasteiger partial charge < -0.3 is 4.42 Å². The summed E-state index contributed by atoms with van der Waals surface area (Å²) in [5.41, 5.74) is 1.78. The molecule has 3 aromatic rings. The fraction of sp³-hybridized carbons (Fsp3) is 0.350. The number of fused-ring (bicyclic) bond motifs is 1. The number of benzene rings is 1. The van der Waals surface area contributed by atoms with Gasteiger partial charge in [0.25, 0.3) is 0 Å². The van der Waals surface area contributed by atoms with E-state index in [0.717, 1.165) is 27.8 Å². The molecule has 0 atom stereocenters. The van der Waals surface area contributed by atoms with Crippen molar-refractivity contribution in [3.05, 3.63) is 48.7 Å². The van der Waals surface area contributed by atoms with E-state index < -0.39 is 0 Å². The van der Waals surface area contributed by atoms with Gasteiger partial charge in [0, 0.05) is 28.9 Å². The molecule has 0 unspecified atom stereocenters. The molecule has 0 bridgehead atoms. The molecule has 1 aromatic carbocycles. The molecule has 1 fully saturated rings. The van der Waals surface area contributed by atoms with Crippen molar-refractivity contribution in [2.24, 2.45) is 0 Å². The van der Waals surface area contributed by atoms with Crippen LogP contribution in [-0.4, -0.2) is 40.3 Å². The summed E-state index contributed by atoms with van der Waals surface area (Å²) in [5.74, 6) is 0.950. The van der Waals surface area contributed by atoms with Crippen molar-refractivity contribution in [3.63, 3.8) is 0 Å². The second-order valence-electron chi connectivity index (χ2n) is 6.82. The van der Waals surface area contributed by atoms with Gasteiger partial charge in [-0.25, -0.2) is 4.98 Å². The van der Waals surface area contributed by atoms with Gasteiger partial charge in [-0.1, -0.05) is 18.6 Å². The van der Waals surface area contributed by atoms with Crippen LogP contribution in [0.1, 0.15) is 25.0 Å². The highest BCUT2D eigenvalue weighted by Gasteiger charge is 2.23. The van der Waals surface area contributed by atoms with Crippen LogP contribution in [0.2, 0.25) is 0 Å². The highest BCUT2D eigenvalue weighted by atomic mass is 16.3. The molecule has 0 spiro atoms. The Hall–Kier alpha value is -2.53. The van der Waals surface area contributed by atoms with Crippen LogP contribution in [0, 0.1) is 0 Å². The zero-order chi connectivity index (χ0) is 17.2. The molecule has 1 saturated carbocycles. The van der Waals surface area contributed by atoms with Gasteiger partial charge in [0.1, 0.15) is 0 Å². The topological polar surface area (TPSA) is 59.2 Å². The average Bonchev–Trinajstić information content (AvgIpc) is 3.06. The molecule has 2 aromatic heterocycles. The Morgan fingerprint density at radius 2 is 2.12 bits per heavy atom. The van der Waals surface area contributed by atoms with Gasteiger partial charge >= 0.3 is 0 Å². The number of carbonyl (C=O) groups excluding carboxylic acids is 1. The molecule has 0 N–H and O–H groups in total. The van der Waals surface area contributed by atoms with E-state index in [9.17, 15) is 4.79 Å². The summed E-state index contributed by atoms with van der Waals surface area (Å²) in [4.78, 5) is 22.9. The van der Waals surface area contributed by atoms with Crippen LogP contribution in [0.4, 0.5) is 0 Å². The first-order valence-corrected chi connectivity index (χ1v) is 8.68. The Balaban J connectivity index is 1.50. The van der Waals surface area contributed by atoms with Crippen molar-refractivity contribution in [2.45, 2.75) is 31.7 Å². The number of oxazole rings is 1. The van der Waals surface area contributed by atoms with E-state index in [0.29, 0.717) is 19.0 Å². The second-order valence-corrected chi connectivity index (χ2v) is 6.82. The molecule has 128 valence electrons. The van der Waals surface area contributed by atoms with Gasteiger partial charge in [0.15, 0.2) is 17.9 Å². The Bertz CT molecular complexity index is 885. The molecule has 0 aliphatic heterocycles. The van der Waals surface area contributed by atoms with E-state index in [4.69, 9.17) is 4.42 Å². The van der Waals surface area contributed by atoms with Crippen LogP contribution < -0.4 is 0 Å². The van der Waals surface area contributed by atoms with Crippen LogP contribution in [0.3, 0.4) is 0 Å². The lowest BCUT2D eigenvalue weighted by Crippen LogP contribution is -2.40. The van der Waals surface area contributed by atoms with Crippen molar-refractivity contribution in [1.82, 2.24) is 14.9 Å². The fourth-order valence-corrected chi connectivity index (χ4v) is 3.29. The first-order chi connectivity index (χ1) is 12.2. The van der Waals surface area contributed by atoms with Crippen LogP contribution in [0.5, 0.6) is 0 Å². The minimum atomic E-state index is 0.215.